The van der Waals surface area contributed by atoms with Crippen LogP contribution in [0.1, 0.15) is 15.4 Å². The molecular weight excluding hydrogens is 427 g/mol. The molecule has 2 aromatic carbocycles. The minimum Gasteiger partial charge on any atom is -0.359 e. The quantitative estimate of drug-likeness (QED) is 0.635. The van der Waals surface area contributed by atoms with Crippen molar-refractivity contribution in [3.63, 3.8) is 0 Å². The van der Waals surface area contributed by atoms with E-state index in [-0.39, 0.29) is 24.2 Å². The summed E-state index contributed by atoms with van der Waals surface area (Å²) in [7, 11) is 0. The minimum absolute atomic E-state index is 0.0488. The fourth-order valence-electron chi connectivity index (χ4n) is 3.20. The van der Waals surface area contributed by atoms with Gasteiger partial charge in [-0.05, 0) is 49.4 Å². The number of anilines is 2. The summed E-state index contributed by atoms with van der Waals surface area (Å²) in [6.45, 7) is 3.24. The number of hydrogen-bond acceptors (Lipinski definition) is 5. The molecule has 0 aliphatic carbocycles. The summed E-state index contributed by atoms with van der Waals surface area (Å²) in [4.78, 5) is 31.2. The Balaban J connectivity index is 1.51. The van der Waals surface area contributed by atoms with Gasteiger partial charge in [0.05, 0.1) is 22.9 Å². The number of hydrogen-bond donors (Lipinski definition) is 2. The minimum atomic E-state index is -0.324. The van der Waals surface area contributed by atoms with Crippen LogP contribution in [0.2, 0.25) is 5.02 Å². The van der Waals surface area contributed by atoms with E-state index < -0.39 is 0 Å². The van der Waals surface area contributed by atoms with Crippen LogP contribution in [0.15, 0.2) is 42.5 Å². The van der Waals surface area contributed by atoms with Crippen LogP contribution in [0.5, 0.6) is 0 Å². The number of carbonyl (C=O) groups excluding carboxylic acids is 2. The van der Waals surface area contributed by atoms with Gasteiger partial charge in [0.2, 0.25) is 5.91 Å². The van der Waals surface area contributed by atoms with Gasteiger partial charge < -0.3 is 15.5 Å². The maximum absolute atomic E-state index is 13.1. The number of rotatable bonds is 4. The van der Waals surface area contributed by atoms with Crippen molar-refractivity contribution in [3.8, 4) is 10.6 Å². The average Bonchev–Trinajstić information content (AvgIpc) is 3.10. The zero-order chi connectivity index (χ0) is 21.3. The molecule has 4 rings (SSSR count). The van der Waals surface area contributed by atoms with Crippen molar-refractivity contribution >= 4 is 46.1 Å². The summed E-state index contributed by atoms with van der Waals surface area (Å²) < 4.78 is 13.1. The van der Waals surface area contributed by atoms with E-state index in [1.54, 1.807) is 37.3 Å². The third kappa shape index (κ3) is 4.29. The number of aryl methyl sites for hydroxylation is 1. The second-order valence-corrected chi connectivity index (χ2v) is 8.24. The Bertz CT molecular complexity index is 1120. The fourth-order valence-corrected chi connectivity index (χ4v) is 4.46. The van der Waals surface area contributed by atoms with E-state index in [4.69, 9.17) is 11.6 Å². The van der Waals surface area contributed by atoms with Crippen LogP contribution in [0, 0.1) is 12.7 Å². The van der Waals surface area contributed by atoms with Crippen molar-refractivity contribution in [2.45, 2.75) is 6.92 Å². The first-order chi connectivity index (χ1) is 14.4. The van der Waals surface area contributed by atoms with E-state index >= 15 is 0 Å². The second-order valence-electron chi connectivity index (χ2n) is 6.83. The lowest BCUT2D eigenvalue weighted by molar-refractivity contribution is -0.120. The topological polar surface area (TPSA) is 74.3 Å². The van der Waals surface area contributed by atoms with Gasteiger partial charge in [0, 0.05) is 24.3 Å². The molecule has 1 saturated heterocycles. The van der Waals surface area contributed by atoms with E-state index in [1.165, 1.54) is 23.5 Å². The lowest BCUT2D eigenvalue weighted by Crippen LogP contribution is -2.47. The number of benzene rings is 2. The lowest BCUT2D eigenvalue weighted by atomic mass is 10.2. The average molecular weight is 445 g/mol. The third-order valence-corrected chi connectivity index (χ3v) is 6.19. The highest BCUT2D eigenvalue weighted by Crippen LogP contribution is 2.31. The van der Waals surface area contributed by atoms with Crippen molar-refractivity contribution in [2.75, 3.05) is 29.9 Å². The summed E-state index contributed by atoms with van der Waals surface area (Å²) in [5.74, 6) is -0.664. The summed E-state index contributed by atoms with van der Waals surface area (Å²) in [5.41, 5.74) is 2.64. The molecule has 30 heavy (non-hydrogen) atoms. The first-order valence-electron chi connectivity index (χ1n) is 9.26. The maximum Gasteiger partial charge on any atom is 0.267 e. The van der Waals surface area contributed by atoms with Crippen LogP contribution in [0.25, 0.3) is 10.6 Å². The molecule has 2 heterocycles. The molecule has 1 aliphatic rings. The van der Waals surface area contributed by atoms with E-state index in [9.17, 15) is 14.0 Å². The standard InChI is InChI=1S/C21H18ClFN4O2S/c1-12-19(30-21(25-12)13-2-4-14(23)5-3-13)20(29)26-15-6-7-17(16(22)10-15)27-9-8-24-18(28)11-27/h2-7,10H,8-9,11H2,1H3,(H,24,28)(H,26,29). The van der Waals surface area contributed by atoms with E-state index in [0.29, 0.717) is 39.4 Å². The Morgan fingerprint density at radius 2 is 2.03 bits per heavy atom. The van der Waals surface area contributed by atoms with Gasteiger partial charge >= 0.3 is 0 Å². The van der Waals surface area contributed by atoms with Crippen LogP contribution in [0.3, 0.4) is 0 Å². The van der Waals surface area contributed by atoms with Crippen molar-refractivity contribution in [2.24, 2.45) is 0 Å². The zero-order valence-electron chi connectivity index (χ0n) is 16.0. The fraction of sp³-hybridized carbons (Fsp3) is 0.190. The number of halogens is 2. The van der Waals surface area contributed by atoms with E-state index in [2.05, 4.69) is 15.6 Å². The lowest BCUT2D eigenvalue weighted by Gasteiger charge is -2.29. The Labute approximate surface area is 181 Å². The molecule has 0 spiro atoms. The Kier molecular flexibility index (Phi) is 5.69. The van der Waals surface area contributed by atoms with Crippen molar-refractivity contribution in [3.05, 3.63) is 63.9 Å². The molecule has 1 aliphatic heterocycles. The molecular formula is C21H18ClFN4O2S. The highest BCUT2D eigenvalue weighted by Gasteiger charge is 2.20. The van der Waals surface area contributed by atoms with Gasteiger partial charge in [0.1, 0.15) is 15.7 Å². The van der Waals surface area contributed by atoms with Crippen molar-refractivity contribution < 1.29 is 14.0 Å². The van der Waals surface area contributed by atoms with Crippen LogP contribution in [-0.2, 0) is 4.79 Å². The highest BCUT2D eigenvalue weighted by atomic mass is 35.5. The molecule has 0 unspecified atom stereocenters. The molecule has 0 bridgehead atoms. The number of carbonyl (C=O) groups is 2. The highest BCUT2D eigenvalue weighted by molar-refractivity contribution is 7.17. The first-order valence-corrected chi connectivity index (χ1v) is 10.5. The molecule has 2 amide bonds. The molecule has 0 saturated carbocycles. The number of piperazine rings is 1. The number of thiazole rings is 1. The van der Waals surface area contributed by atoms with Crippen LogP contribution < -0.4 is 15.5 Å². The molecule has 6 nitrogen and oxygen atoms in total. The summed E-state index contributed by atoms with van der Waals surface area (Å²) in [6.07, 6.45) is 0. The molecule has 3 aromatic rings. The molecule has 1 fully saturated rings. The summed E-state index contributed by atoms with van der Waals surface area (Å²) in [5, 5.41) is 6.72. The van der Waals surface area contributed by atoms with Gasteiger partial charge in [-0.2, -0.15) is 0 Å². The molecule has 9 heteroatoms. The van der Waals surface area contributed by atoms with Gasteiger partial charge in [-0.3, -0.25) is 9.59 Å². The normalized spacial score (nSPS) is 13.8. The zero-order valence-corrected chi connectivity index (χ0v) is 17.6. The largest absolute Gasteiger partial charge is 0.359 e. The molecule has 2 N–H and O–H groups in total. The Morgan fingerprint density at radius 1 is 1.27 bits per heavy atom. The molecule has 0 atom stereocenters. The van der Waals surface area contributed by atoms with Gasteiger partial charge in [-0.1, -0.05) is 11.6 Å². The maximum atomic E-state index is 13.1. The van der Waals surface area contributed by atoms with E-state index in [1.807, 2.05) is 4.90 Å². The number of aromatic nitrogens is 1. The van der Waals surface area contributed by atoms with Gasteiger partial charge in [0.15, 0.2) is 0 Å². The van der Waals surface area contributed by atoms with Crippen molar-refractivity contribution in [1.82, 2.24) is 10.3 Å². The Morgan fingerprint density at radius 3 is 2.73 bits per heavy atom. The molecule has 0 radical (unpaired) electrons. The number of amides is 2. The van der Waals surface area contributed by atoms with Crippen LogP contribution in [0.4, 0.5) is 15.8 Å². The van der Waals surface area contributed by atoms with E-state index in [0.717, 1.165) is 11.3 Å². The first kappa shape index (κ1) is 20.3. The Hall–Kier alpha value is -2.97. The molecule has 1 aromatic heterocycles. The van der Waals surface area contributed by atoms with Crippen molar-refractivity contribution in [1.29, 1.82) is 0 Å². The smallest absolute Gasteiger partial charge is 0.267 e. The van der Waals surface area contributed by atoms with Gasteiger partial charge in [0.25, 0.3) is 5.91 Å². The molecule has 154 valence electrons. The predicted molar refractivity (Wildman–Crippen MR) is 117 cm³/mol. The summed E-state index contributed by atoms with van der Waals surface area (Å²) >= 11 is 7.65. The predicted octanol–water partition coefficient (Wildman–Crippen LogP) is 4.10. The number of nitrogens with zero attached hydrogens (tertiary/aromatic N) is 2. The second kappa shape index (κ2) is 8.41. The SMILES string of the molecule is Cc1nc(-c2ccc(F)cc2)sc1C(=O)Nc1ccc(N2CCNC(=O)C2)c(Cl)c1. The monoisotopic (exact) mass is 444 g/mol. The van der Waals surface area contributed by atoms with Crippen LogP contribution in [-0.4, -0.2) is 36.4 Å². The number of nitrogens with one attached hydrogen (secondary N) is 2. The third-order valence-electron chi connectivity index (χ3n) is 4.68. The van der Waals surface area contributed by atoms with Gasteiger partial charge in [-0.15, -0.1) is 11.3 Å². The van der Waals surface area contributed by atoms with Gasteiger partial charge in [-0.25, -0.2) is 9.37 Å². The van der Waals surface area contributed by atoms with Crippen LogP contribution >= 0.6 is 22.9 Å². The summed E-state index contributed by atoms with van der Waals surface area (Å²) in [6, 6.07) is 11.2.